The molecule has 1 aromatic rings. The third kappa shape index (κ3) is 3.43. The molecule has 0 bridgehead atoms. The maximum atomic E-state index is 12.0. The Morgan fingerprint density at radius 1 is 1.35 bits per heavy atom. The second-order valence-electron chi connectivity index (χ2n) is 4.03. The second kappa shape index (κ2) is 6.15. The number of imide groups is 1. The van der Waals surface area contributed by atoms with Crippen molar-refractivity contribution in [1.29, 1.82) is 0 Å². The zero-order valence-corrected chi connectivity index (χ0v) is 11.7. The summed E-state index contributed by atoms with van der Waals surface area (Å²) in [5.41, 5.74) is 0.648. The van der Waals surface area contributed by atoms with Crippen molar-refractivity contribution in [3.8, 4) is 0 Å². The minimum atomic E-state index is -1.30. The van der Waals surface area contributed by atoms with Crippen molar-refractivity contribution in [2.75, 3.05) is 11.9 Å². The van der Waals surface area contributed by atoms with Crippen LogP contribution in [0.2, 0.25) is 5.02 Å². The average Bonchev–Trinajstić information content (AvgIpc) is 2.65. The summed E-state index contributed by atoms with van der Waals surface area (Å²) in [5, 5.41) is 12.6. The van der Waals surface area contributed by atoms with Gasteiger partial charge < -0.3 is 15.2 Å². The SMILES string of the molecule is O=C([O-])CCN1C(=O)S[C@@H](Nc2ccc(Cl)cc2)C1=O. The number of thioether (sulfide) groups is 1. The molecule has 2 rings (SSSR count). The van der Waals surface area contributed by atoms with E-state index in [1.54, 1.807) is 24.3 Å². The van der Waals surface area contributed by atoms with E-state index in [1.165, 1.54) is 0 Å². The normalized spacial score (nSPS) is 18.4. The first-order valence-corrected chi connectivity index (χ1v) is 6.97. The minimum Gasteiger partial charge on any atom is -0.550 e. The molecule has 0 aliphatic carbocycles. The molecule has 0 aromatic heterocycles. The molecule has 8 heteroatoms. The Labute approximate surface area is 124 Å². The van der Waals surface area contributed by atoms with Crippen molar-refractivity contribution in [3.05, 3.63) is 29.3 Å². The molecule has 1 fully saturated rings. The Bertz CT molecular complexity index is 549. The van der Waals surface area contributed by atoms with Gasteiger partial charge in [-0.25, -0.2) is 0 Å². The number of carboxylic acid groups (broad SMARTS) is 1. The van der Waals surface area contributed by atoms with Gasteiger partial charge in [0.2, 0.25) is 0 Å². The smallest absolute Gasteiger partial charge is 0.290 e. The van der Waals surface area contributed by atoms with E-state index in [4.69, 9.17) is 11.6 Å². The molecule has 1 aromatic carbocycles. The summed E-state index contributed by atoms with van der Waals surface area (Å²) in [4.78, 5) is 34.9. The van der Waals surface area contributed by atoms with Crippen LogP contribution in [0.3, 0.4) is 0 Å². The van der Waals surface area contributed by atoms with Crippen LogP contribution in [0, 0.1) is 0 Å². The van der Waals surface area contributed by atoms with Crippen molar-refractivity contribution in [1.82, 2.24) is 4.90 Å². The molecule has 1 atom stereocenters. The van der Waals surface area contributed by atoms with Gasteiger partial charge in [-0.1, -0.05) is 11.6 Å². The number of nitrogens with one attached hydrogen (secondary N) is 1. The molecule has 1 N–H and O–H groups in total. The lowest BCUT2D eigenvalue weighted by Gasteiger charge is -2.15. The monoisotopic (exact) mass is 313 g/mol. The molecule has 1 aliphatic rings. The van der Waals surface area contributed by atoms with E-state index in [1.807, 2.05) is 0 Å². The van der Waals surface area contributed by atoms with Gasteiger partial charge in [-0.15, -0.1) is 0 Å². The van der Waals surface area contributed by atoms with E-state index in [0.717, 1.165) is 16.7 Å². The molecular formula is C12H10ClN2O4S-. The van der Waals surface area contributed by atoms with Crippen molar-refractivity contribution < 1.29 is 19.5 Å². The van der Waals surface area contributed by atoms with Crippen molar-refractivity contribution in [2.24, 2.45) is 0 Å². The quantitative estimate of drug-likeness (QED) is 0.869. The van der Waals surface area contributed by atoms with Gasteiger partial charge in [0.15, 0.2) is 5.37 Å². The van der Waals surface area contributed by atoms with Gasteiger partial charge in [-0.05, 0) is 36.0 Å². The predicted molar refractivity (Wildman–Crippen MR) is 73.2 cm³/mol. The maximum absolute atomic E-state index is 12.0. The lowest BCUT2D eigenvalue weighted by atomic mass is 10.3. The van der Waals surface area contributed by atoms with Crippen molar-refractivity contribution in [2.45, 2.75) is 11.8 Å². The number of amides is 2. The van der Waals surface area contributed by atoms with Crippen LogP contribution in [-0.4, -0.2) is 33.9 Å². The van der Waals surface area contributed by atoms with Crippen LogP contribution in [-0.2, 0) is 9.59 Å². The largest absolute Gasteiger partial charge is 0.550 e. The number of carbonyl (C=O) groups is 3. The van der Waals surface area contributed by atoms with Gasteiger partial charge in [0.1, 0.15) is 0 Å². The van der Waals surface area contributed by atoms with E-state index in [9.17, 15) is 19.5 Å². The van der Waals surface area contributed by atoms with E-state index >= 15 is 0 Å². The number of carboxylic acids is 1. The zero-order chi connectivity index (χ0) is 14.7. The summed E-state index contributed by atoms with van der Waals surface area (Å²) >= 11 is 6.56. The first kappa shape index (κ1) is 14.7. The van der Waals surface area contributed by atoms with Crippen molar-refractivity contribution >= 4 is 46.2 Å². The average molecular weight is 314 g/mol. The summed E-state index contributed by atoms with van der Waals surface area (Å²) in [6.45, 7) is -0.175. The number of carbonyl (C=O) groups excluding carboxylic acids is 3. The second-order valence-corrected chi connectivity index (χ2v) is 5.52. The Morgan fingerprint density at radius 3 is 2.60 bits per heavy atom. The number of hydrogen-bond donors (Lipinski definition) is 1. The van der Waals surface area contributed by atoms with Gasteiger partial charge in [-0.2, -0.15) is 0 Å². The summed E-state index contributed by atoms with van der Waals surface area (Å²) in [6, 6.07) is 6.68. The topological polar surface area (TPSA) is 89.5 Å². The number of halogens is 1. The summed E-state index contributed by atoms with van der Waals surface area (Å²) in [5.74, 6) is -1.76. The fraction of sp³-hybridized carbons (Fsp3) is 0.250. The Morgan fingerprint density at radius 2 is 2.00 bits per heavy atom. The molecule has 1 aliphatic heterocycles. The summed E-state index contributed by atoms with van der Waals surface area (Å²) < 4.78 is 0. The predicted octanol–water partition coefficient (Wildman–Crippen LogP) is 0.913. The third-order valence-electron chi connectivity index (χ3n) is 2.61. The fourth-order valence-corrected chi connectivity index (χ4v) is 2.70. The molecule has 1 heterocycles. The molecule has 0 spiro atoms. The number of rotatable bonds is 5. The maximum Gasteiger partial charge on any atom is 0.290 e. The van der Waals surface area contributed by atoms with Crippen LogP contribution in [0.1, 0.15) is 6.42 Å². The molecule has 0 radical (unpaired) electrons. The van der Waals surface area contributed by atoms with Gasteiger partial charge in [0.05, 0.1) is 0 Å². The molecule has 0 saturated carbocycles. The fourth-order valence-electron chi connectivity index (χ4n) is 1.64. The van der Waals surface area contributed by atoms with Crippen LogP contribution >= 0.6 is 23.4 Å². The molecule has 20 heavy (non-hydrogen) atoms. The van der Waals surface area contributed by atoms with Crippen LogP contribution in [0.5, 0.6) is 0 Å². The lowest BCUT2D eigenvalue weighted by Crippen LogP contribution is -2.37. The van der Waals surface area contributed by atoms with Gasteiger partial charge in [-0.3, -0.25) is 14.5 Å². The number of hydrogen-bond acceptors (Lipinski definition) is 6. The lowest BCUT2D eigenvalue weighted by molar-refractivity contribution is -0.305. The van der Waals surface area contributed by atoms with E-state index in [2.05, 4.69) is 5.32 Å². The third-order valence-corrected chi connectivity index (χ3v) is 3.84. The van der Waals surface area contributed by atoms with E-state index < -0.39 is 22.5 Å². The number of benzene rings is 1. The van der Waals surface area contributed by atoms with Crippen molar-refractivity contribution in [3.63, 3.8) is 0 Å². The first-order valence-electron chi connectivity index (χ1n) is 5.71. The molecule has 1 saturated heterocycles. The van der Waals surface area contributed by atoms with Crippen LogP contribution < -0.4 is 10.4 Å². The Hall–Kier alpha value is -1.73. The van der Waals surface area contributed by atoms with Crippen LogP contribution in [0.15, 0.2) is 24.3 Å². The number of aliphatic carboxylic acids is 1. The highest BCUT2D eigenvalue weighted by Crippen LogP contribution is 2.28. The number of nitrogens with zero attached hydrogens (tertiary/aromatic N) is 1. The van der Waals surface area contributed by atoms with E-state index in [0.29, 0.717) is 10.7 Å². The first-order chi connectivity index (χ1) is 9.47. The molecule has 2 amide bonds. The van der Waals surface area contributed by atoms with E-state index in [-0.39, 0.29) is 13.0 Å². The molecular weight excluding hydrogens is 304 g/mol. The van der Waals surface area contributed by atoms with Gasteiger partial charge >= 0.3 is 0 Å². The minimum absolute atomic E-state index is 0.175. The highest BCUT2D eigenvalue weighted by atomic mass is 35.5. The molecule has 106 valence electrons. The van der Waals surface area contributed by atoms with Crippen LogP contribution in [0.4, 0.5) is 10.5 Å². The molecule has 6 nitrogen and oxygen atoms in total. The Balaban J connectivity index is 2.00. The highest BCUT2D eigenvalue weighted by Gasteiger charge is 2.39. The van der Waals surface area contributed by atoms with Crippen LogP contribution in [0.25, 0.3) is 0 Å². The molecule has 0 unspecified atom stereocenters. The summed E-state index contributed by atoms with van der Waals surface area (Å²) in [6.07, 6.45) is -0.369. The van der Waals surface area contributed by atoms with Gasteiger partial charge in [0.25, 0.3) is 11.1 Å². The standard InChI is InChI=1S/C12H11ClN2O4S/c13-7-1-3-8(4-2-7)14-10-11(18)15(12(19)20-10)6-5-9(16)17/h1-4,10,14H,5-6H2,(H,16,17)/p-1/t10-/m1/s1. The Kier molecular flexibility index (Phi) is 4.51. The zero-order valence-electron chi connectivity index (χ0n) is 10.2. The summed E-state index contributed by atoms with van der Waals surface area (Å²) in [7, 11) is 0. The number of anilines is 1. The van der Waals surface area contributed by atoms with Gasteiger partial charge in [0, 0.05) is 29.6 Å². The highest BCUT2D eigenvalue weighted by molar-refractivity contribution is 8.15.